The first kappa shape index (κ1) is 27.9. The summed E-state index contributed by atoms with van der Waals surface area (Å²) in [6.45, 7) is 1.78. The summed E-state index contributed by atoms with van der Waals surface area (Å²) in [6.07, 6.45) is 24.0. The van der Waals surface area contributed by atoms with Gasteiger partial charge in [-0.3, -0.25) is 4.79 Å². The van der Waals surface area contributed by atoms with Crippen LogP contribution < -0.4 is 0 Å². The van der Waals surface area contributed by atoms with Gasteiger partial charge in [-0.15, -0.1) is 0 Å². The van der Waals surface area contributed by atoms with Crippen LogP contribution in [-0.2, 0) is 16.0 Å². The van der Waals surface area contributed by atoms with Gasteiger partial charge in [-0.05, 0) is 31.7 Å². The van der Waals surface area contributed by atoms with Crippen molar-refractivity contribution in [3.8, 4) is 0 Å². The van der Waals surface area contributed by atoms with Crippen LogP contribution in [-0.4, -0.2) is 23.3 Å². The zero-order chi connectivity index (χ0) is 23.6. The van der Waals surface area contributed by atoms with E-state index in [9.17, 15) is 9.90 Å². The van der Waals surface area contributed by atoms with E-state index < -0.39 is 6.10 Å². The van der Waals surface area contributed by atoms with Gasteiger partial charge in [0.2, 0.25) is 0 Å². The largest absolute Gasteiger partial charge is 0.460 e. The Hall–Kier alpha value is -1.35. The molecule has 2 rings (SSSR count). The molecule has 1 aliphatic heterocycles. The molecule has 0 aromatic heterocycles. The summed E-state index contributed by atoms with van der Waals surface area (Å²) in [5.41, 5.74) is 1.48. The van der Waals surface area contributed by atoms with Crippen molar-refractivity contribution in [3.63, 3.8) is 0 Å². The van der Waals surface area contributed by atoms with Gasteiger partial charge in [0.05, 0.1) is 5.92 Å². The Morgan fingerprint density at radius 3 is 1.52 bits per heavy atom. The van der Waals surface area contributed by atoms with Crippen LogP contribution in [0.3, 0.4) is 0 Å². The summed E-state index contributed by atoms with van der Waals surface area (Å²) in [7, 11) is 0. The average molecular weight is 459 g/mol. The van der Waals surface area contributed by atoms with Crippen LogP contribution in [0, 0.1) is 5.92 Å². The normalized spacial score (nSPS) is 20.3. The second-order valence-corrected chi connectivity index (χ2v) is 10.3. The second kappa shape index (κ2) is 18.0. The van der Waals surface area contributed by atoms with Gasteiger partial charge in [-0.25, -0.2) is 0 Å². The quantitative estimate of drug-likeness (QED) is 0.158. The Balaban J connectivity index is 1.24. The molecule has 0 bridgehead atoms. The number of esters is 1. The maximum absolute atomic E-state index is 11.7. The summed E-state index contributed by atoms with van der Waals surface area (Å²) >= 11 is 0. The van der Waals surface area contributed by atoms with Crippen molar-refractivity contribution in [2.45, 2.75) is 141 Å². The van der Waals surface area contributed by atoms with Crippen LogP contribution in [0.5, 0.6) is 0 Å². The highest BCUT2D eigenvalue weighted by molar-refractivity contribution is 5.75. The number of carbonyl (C=O) groups is 1. The fraction of sp³-hybridized carbons (Fsp3) is 0.767. The third-order valence-corrected chi connectivity index (χ3v) is 7.32. The lowest BCUT2D eigenvalue weighted by Crippen LogP contribution is -2.24. The molecule has 0 spiro atoms. The molecule has 0 unspecified atom stereocenters. The van der Waals surface area contributed by atoms with Gasteiger partial charge in [0.25, 0.3) is 0 Å². The topological polar surface area (TPSA) is 46.5 Å². The van der Waals surface area contributed by atoms with Crippen LogP contribution in [0.2, 0.25) is 0 Å². The number of benzene rings is 1. The second-order valence-electron chi connectivity index (χ2n) is 10.3. The molecule has 33 heavy (non-hydrogen) atoms. The van der Waals surface area contributed by atoms with Crippen LogP contribution in [0.25, 0.3) is 0 Å². The predicted molar refractivity (Wildman–Crippen MR) is 138 cm³/mol. The van der Waals surface area contributed by atoms with Crippen molar-refractivity contribution in [1.82, 2.24) is 0 Å². The molecule has 0 saturated carbocycles. The minimum atomic E-state index is -0.604. The van der Waals surface area contributed by atoms with E-state index in [-0.39, 0.29) is 18.0 Å². The fourth-order valence-electron chi connectivity index (χ4n) is 5.09. The molecule has 3 heteroatoms. The molecule has 1 fully saturated rings. The van der Waals surface area contributed by atoms with Crippen molar-refractivity contribution in [1.29, 1.82) is 0 Å². The average Bonchev–Trinajstić information content (AvgIpc) is 3.07. The summed E-state index contributed by atoms with van der Waals surface area (Å²) in [5.74, 6) is -0.491. The Morgan fingerprint density at radius 2 is 1.09 bits per heavy atom. The molecular formula is C30H50O3. The van der Waals surface area contributed by atoms with Crippen LogP contribution in [0.1, 0.15) is 128 Å². The van der Waals surface area contributed by atoms with E-state index in [4.69, 9.17) is 4.74 Å². The summed E-state index contributed by atoms with van der Waals surface area (Å²) in [6, 6.07) is 10.9. The molecule has 1 heterocycles. The maximum atomic E-state index is 11.7. The summed E-state index contributed by atoms with van der Waals surface area (Å²) in [4.78, 5) is 11.7. The molecule has 0 aliphatic carbocycles. The summed E-state index contributed by atoms with van der Waals surface area (Å²) < 4.78 is 5.10. The fourth-order valence-corrected chi connectivity index (χ4v) is 5.09. The van der Waals surface area contributed by atoms with Crippen molar-refractivity contribution in [2.75, 3.05) is 0 Å². The number of aliphatic hydroxyl groups excluding tert-OH is 1. The minimum absolute atomic E-state index is 0.204. The van der Waals surface area contributed by atoms with E-state index in [1.165, 1.54) is 108 Å². The number of ether oxygens (including phenoxy) is 1. The van der Waals surface area contributed by atoms with Gasteiger partial charge in [-0.2, -0.15) is 0 Å². The smallest absolute Gasteiger partial charge is 0.312 e. The first-order valence-electron chi connectivity index (χ1n) is 14.1. The highest BCUT2D eigenvalue weighted by atomic mass is 16.6. The first-order valence-corrected chi connectivity index (χ1v) is 14.1. The first-order chi connectivity index (χ1) is 16.2. The number of cyclic esters (lactones) is 1. The number of rotatable bonds is 20. The number of aryl methyl sites for hydroxylation is 1. The molecule has 1 aliphatic rings. The lowest BCUT2D eigenvalue weighted by molar-refractivity contribution is -0.143. The predicted octanol–water partition coefficient (Wildman–Crippen LogP) is 8.17. The molecule has 0 radical (unpaired) electrons. The zero-order valence-electron chi connectivity index (χ0n) is 21.3. The third-order valence-electron chi connectivity index (χ3n) is 7.32. The van der Waals surface area contributed by atoms with Crippen molar-refractivity contribution in [2.24, 2.45) is 5.92 Å². The van der Waals surface area contributed by atoms with Crippen LogP contribution in [0.4, 0.5) is 0 Å². The number of hydrogen-bond acceptors (Lipinski definition) is 3. The standard InChI is InChI=1S/C30H50O3/c1-26-29(31)28(30(32)33-26)25-21-16-14-12-10-8-6-4-2-3-5-7-9-11-13-15-18-22-27-23-19-17-20-24-27/h17,19-20,23-24,26,28-29,31H,2-16,18,21-22,25H2,1H3/t26-,28-,29-/m0/s1. The Morgan fingerprint density at radius 1 is 0.667 bits per heavy atom. The van der Waals surface area contributed by atoms with Gasteiger partial charge in [0.1, 0.15) is 12.2 Å². The van der Waals surface area contributed by atoms with E-state index in [1.807, 2.05) is 0 Å². The van der Waals surface area contributed by atoms with Gasteiger partial charge in [0.15, 0.2) is 0 Å². The van der Waals surface area contributed by atoms with Gasteiger partial charge in [0, 0.05) is 0 Å². The van der Waals surface area contributed by atoms with Crippen LogP contribution in [0.15, 0.2) is 30.3 Å². The van der Waals surface area contributed by atoms with Gasteiger partial charge >= 0.3 is 5.97 Å². The van der Waals surface area contributed by atoms with Crippen molar-refractivity contribution < 1.29 is 14.6 Å². The molecule has 1 aromatic rings. The van der Waals surface area contributed by atoms with Crippen LogP contribution >= 0.6 is 0 Å². The number of carbonyl (C=O) groups excluding carboxylic acids is 1. The SMILES string of the molecule is C[C@@H]1OC(=O)[C@@H](CCCCCCCCCCCCCCCCCCCc2ccccc2)[C@H]1O. The van der Waals surface area contributed by atoms with E-state index in [0.29, 0.717) is 0 Å². The highest BCUT2D eigenvalue weighted by Crippen LogP contribution is 2.26. The number of hydrogen-bond donors (Lipinski definition) is 1. The molecule has 3 nitrogen and oxygen atoms in total. The maximum Gasteiger partial charge on any atom is 0.312 e. The lowest BCUT2D eigenvalue weighted by atomic mass is 9.95. The van der Waals surface area contributed by atoms with Crippen molar-refractivity contribution in [3.05, 3.63) is 35.9 Å². The molecule has 3 atom stereocenters. The molecular weight excluding hydrogens is 408 g/mol. The van der Waals surface area contributed by atoms with E-state index in [2.05, 4.69) is 30.3 Å². The lowest BCUT2D eigenvalue weighted by Gasteiger charge is -2.11. The molecule has 1 aromatic carbocycles. The minimum Gasteiger partial charge on any atom is -0.460 e. The molecule has 1 saturated heterocycles. The number of aliphatic hydroxyl groups is 1. The Kier molecular flexibility index (Phi) is 15.2. The van der Waals surface area contributed by atoms with E-state index in [0.717, 1.165) is 19.3 Å². The number of unbranched alkanes of at least 4 members (excludes halogenated alkanes) is 16. The van der Waals surface area contributed by atoms with E-state index >= 15 is 0 Å². The summed E-state index contributed by atoms with van der Waals surface area (Å²) in [5, 5.41) is 9.96. The monoisotopic (exact) mass is 458 g/mol. The molecule has 188 valence electrons. The Bertz CT molecular complexity index is 600. The zero-order valence-corrected chi connectivity index (χ0v) is 21.3. The highest BCUT2D eigenvalue weighted by Gasteiger charge is 2.40. The van der Waals surface area contributed by atoms with Crippen molar-refractivity contribution >= 4 is 5.97 Å². The third kappa shape index (κ3) is 12.6. The Labute approximate surface area is 203 Å². The molecule has 1 N–H and O–H groups in total. The van der Waals surface area contributed by atoms with Gasteiger partial charge < -0.3 is 9.84 Å². The van der Waals surface area contributed by atoms with Gasteiger partial charge in [-0.1, -0.05) is 133 Å². The molecule has 0 amide bonds. The van der Waals surface area contributed by atoms with E-state index in [1.54, 1.807) is 6.92 Å².